The van der Waals surface area contributed by atoms with Gasteiger partial charge >= 0.3 is 0 Å². The first kappa shape index (κ1) is 18.3. The highest BCUT2D eigenvalue weighted by atomic mass is 32.1. The van der Waals surface area contributed by atoms with Crippen LogP contribution in [0.3, 0.4) is 0 Å². The van der Waals surface area contributed by atoms with Gasteiger partial charge in [0.1, 0.15) is 5.56 Å². The highest BCUT2D eigenvalue weighted by molar-refractivity contribution is 7.15. The third-order valence-electron chi connectivity index (χ3n) is 5.97. The van der Waals surface area contributed by atoms with Gasteiger partial charge in [-0.1, -0.05) is 30.3 Å². The molecule has 148 valence electrons. The average molecular weight is 407 g/mol. The standard InChI is InChI=1S/C23H22N2O3S/c26-21-17(7-4-11-24-21)22(27)25-12-9-23(10-13-25)18-15-20(16-5-2-1-3-6-16)29-19(18)8-14-28-23/h1-7,11,15H,8-10,12-14H2,(H,24,26). The molecule has 2 aliphatic heterocycles. The van der Waals surface area contributed by atoms with Crippen molar-refractivity contribution in [3.63, 3.8) is 0 Å². The molecule has 5 nitrogen and oxygen atoms in total. The number of amides is 1. The van der Waals surface area contributed by atoms with Crippen LogP contribution in [0.1, 0.15) is 33.6 Å². The SMILES string of the molecule is O=C(c1ccc[nH]c1=O)N1CCC2(CC1)OCCc1sc(-c3ccccc3)cc12. The number of hydrogen-bond donors (Lipinski definition) is 1. The van der Waals surface area contributed by atoms with Gasteiger partial charge in [-0.25, -0.2) is 0 Å². The van der Waals surface area contributed by atoms with E-state index in [9.17, 15) is 9.59 Å². The molecule has 0 unspecified atom stereocenters. The van der Waals surface area contributed by atoms with Gasteiger partial charge in [0.15, 0.2) is 0 Å². The van der Waals surface area contributed by atoms with Gasteiger partial charge in [-0.3, -0.25) is 9.59 Å². The van der Waals surface area contributed by atoms with Crippen molar-refractivity contribution in [1.29, 1.82) is 0 Å². The van der Waals surface area contributed by atoms with Crippen LogP contribution in [0.25, 0.3) is 10.4 Å². The van der Waals surface area contributed by atoms with Crippen LogP contribution in [0.2, 0.25) is 0 Å². The van der Waals surface area contributed by atoms with Crippen molar-refractivity contribution in [1.82, 2.24) is 9.88 Å². The molecule has 29 heavy (non-hydrogen) atoms. The number of benzene rings is 1. The molecule has 1 aromatic carbocycles. The number of thiophene rings is 1. The molecular weight excluding hydrogens is 384 g/mol. The van der Waals surface area contributed by atoms with Crippen molar-refractivity contribution < 1.29 is 9.53 Å². The quantitative estimate of drug-likeness (QED) is 0.704. The Hall–Kier alpha value is -2.70. The van der Waals surface area contributed by atoms with Crippen LogP contribution in [0, 0.1) is 0 Å². The summed E-state index contributed by atoms with van der Waals surface area (Å²) in [5.74, 6) is -0.201. The zero-order chi connectivity index (χ0) is 19.8. The fourth-order valence-electron chi connectivity index (χ4n) is 4.41. The molecule has 3 aromatic rings. The molecule has 2 aliphatic rings. The topological polar surface area (TPSA) is 62.4 Å². The zero-order valence-corrected chi connectivity index (χ0v) is 16.8. The van der Waals surface area contributed by atoms with Gasteiger partial charge in [-0.05, 0) is 42.2 Å². The smallest absolute Gasteiger partial charge is 0.260 e. The number of piperidine rings is 1. The summed E-state index contributed by atoms with van der Waals surface area (Å²) in [6, 6.07) is 16.0. The van der Waals surface area contributed by atoms with Gasteiger partial charge in [0.25, 0.3) is 11.5 Å². The van der Waals surface area contributed by atoms with Crippen LogP contribution >= 0.6 is 11.3 Å². The number of nitrogens with one attached hydrogen (secondary N) is 1. The van der Waals surface area contributed by atoms with E-state index in [1.807, 2.05) is 17.4 Å². The Morgan fingerprint density at radius 1 is 1.10 bits per heavy atom. The Bertz CT molecular complexity index is 1090. The van der Waals surface area contributed by atoms with Crippen LogP contribution in [0.15, 0.2) is 59.5 Å². The number of likely N-dealkylation sites (tertiary alicyclic amines) is 1. The lowest BCUT2D eigenvalue weighted by atomic mass is 9.82. The van der Waals surface area contributed by atoms with Gasteiger partial charge in [0, 0.05) is 35.5 Å². The summed E-state index contributed by atoms with van der Waals surface area (Å²) in [4.78, 5) is 31.8. The van der Waals surface area contributed by atoms with E-state index in [-0.39, 0.29) is 22.6 Å². The molecule has 0 saturated carbocycles. The van der Waals surface area contributed by atoms with Gasteiger partial charge in [0.05, 0.1) is 12.2 Å². The summed E-state index contributed by atoms with van der Waals surface area (Å²) in [6.45, 7) is 1.89. The number of H-pyrrole nitrogens is 1. The molecule has 1 amide bonds. The molecular formula is C23H22N2O3S. The van der Waals surface area contributed by atoms with Crippen LogP contribution in [-0.2, 0) is 16.8 Å². The van der Waals surface area contributed by atoms with Crippen LogP contribution < -0.4 is 5.56 Å². The van der Waals surface area contributed by atoms with E-state index >= 15 is 0 Å². The van der Waals surface area contributed by atoms with Gasteiger partial charge in [-0.2, -0.15) is 0 Å². The first-order valence-corrected chi connectivity index (χ1v) is 10.8. The van der Waals surface area contributed by atoms with Gasteiger partial charge in [0.2, 0.25) is 0 Å². The molecule has 6 heteroatoms. The minimum atomic E-state index is -0.334. The Kier molecular flexibility index (Phi) is 4.60. The van der Waals surface area contributed by atoms with Crippen LogP contribution in [0.4, 0.5) is 0 Å². The molecule has 5 rings (SSSR count). The van der Waals surface area contributed by atoms with Crippen molar-refractivity contribution in [3.8, 4) is 10.4 Å². The van der Waals surface area contributed by atoms with Crippen molar-refractivity contribution >= 4 is 17.2 Å². The fourth-order valence-corrected chi connectivity index (χ4v) is 5.64. The van der Waals surface area contributed by atoms with Crippen molar-refractivity contribution in [3.05, 3.63) is 81.1 Å². The second kappa shape index (κ2) is 7.28. The van der Waals surface area contributed by atoms with E-state index < -0.39 is 0 Å². The zero-order valence-electron chi connectivity index (χ0n) is 16.0. The molecule has 1 N–H and O–H groups in total. The summed E-state index contributed by atoms with van der Waals surface area (Å²) in [6.07, 6.45) is 3.99. The Morgan fingerprint density at radius 2 is 1.90 bits per heavy atom. The van der Waals surface area contributed by atoms with Gasteiger partial charge in [-0.15, -0.1) is 11.3 Å². The number of aromatic nitrogens is 1. The lowest BCUT2D eigenvalue weighted by molar-refractivity contribution is -0.0926. The number of fused-ring (bicyclic) bond motifs is 2. The summed E-state index contributed by atoms with van der Waals surface area (Å²) in [5.41, 5.74) is 2.07. The summed E-state index contributed by atoms with van der Waals surface area (Å²) in [5, 5.41) is 0. The maximum Gasteiger partial charge on any atom is 0.260 e. The van der Waals surface area contributed by atoms with E-state index in [1.165, 1.54) is 20.9 Å². The van der Waals surface area contributed by atoms with E-state index in [0.717, 1.165) is 19.3 Å². The number of ether oxygens (including phenoxy) is 1. The second-order valence-electron chi connectivity index (χ2n) is 7.61. The normalized spacial score (nSPS) is 17.9. The molecule has 2 aromatic heterocycles. The Morgan fingerprint density at radius 3 is 2.66 bits per heavy atom. The lowest BCUT2D eigenvalue weighted by Crippen LogP contribution is -2.48. The van der Waals surface area contributed by atoms with E-state index in [1.54, 1.807) is 23.2 Å². The first-order chi connectivity index (χ1) is 14.2. The van der Waals surface area contributed by atoms with Crippen LogP contribution in [-0.4, -0.2) is 35.5 Å². The number of aromatic amines is 1. The van der Waals surface area contributed by atoms with Gasteiger partial charge < -0.3 is 14.6 Å². The monoisotopic (exact) mass is 406 g/mol. The maximum atomic E-state index is 12.8. The largest absolute Gasteiger partial charge is 0.370 e. The molecule has 1 spiro atoms. The third kappa shape index (κ3) is 3.22. The molecule has 1 saturated heterocycles. The van der Waals surface area contributed by atoms with E-state index in [4.69, 9.17) is 4.74 Å². The fraction of sp³-hybridized carbons (Fsp3) is 0.304. The summed E-state index contributed by atoms with van der Waals surface area (Å²) < 4.78 is 6.34. The number of carbonyl (C=O) groups is 1. The highest BCUT2D eigenvalue weighted by Gasteiger charge is 2.43. The van der Waals surface area contributed by atoms with Crippen LogP contribution in [0.5, 0.6) is 0 Å². The predicted molar refractivity (Wildman–Crippen MR) is 113 cm³/mol. The molecule has 1 fully saturated rings. The second-order valence-corrected chi connectivity index (χ2v) is 8.75. The third-order valence-corrected chi connectivity index (χ3v) is 7.22. The van der Waals surface area contributed by atoms with Crippen molar-refractivity contribution in [2.75, 3.05) is 19.7 Å². The predicted octanol–water partition coefficient (Wildman–Crippen LogP) is 3.81. The molecule has 0 aliphatic carbocycles. The lowest BCUT2D eigenvalue weighted by Gasteiger charge is -2.44. The average Bonchev–Trinajstić information content (AvgIpc) is 3.21. The number of hydrogen-bond acceptors (Lipinski definition) is 4. The highest BCUT2D eigenvalue weighted by Crippen LogP contribution is 2.46. The van der Waals surface area contributed by atoms with E-state index in [0.29, 0.717) is 19.7 Å². The molecule has 0 atom stereocenters. The Labute approximate surface area is 173 Å². The molecule has 4 heterocycles. The minimum absolute atomic E-state index is 0.201. The maximum absolute atomic E-state index is 12.8. The number of nitrogens with zero attached hydrogens (tertiary/aromatic N) is 1. The number of rotatable bonds is 2. The minimum Gasteiger partial charge on any atom is -0.370 e. The molecule has 0 radical (unpaired) electrons. The Balaban J connectivity index is 1.39. The van der Waals surface area contributed by atoms with Crippen molar-refractivity contribution in [2.24, 2.45) is 0 Å². The number of pyridine rings is 1. The van der Waals surface area contributed by atoms with Crippen molar-refractivity contribution in [2.45, 2.75) is 24.9 Å². The molecule has 0 bridgehead atoms. The summed E-state index contributed by atoms with van der Waals surface area (Å²) >= 11 is 1.86. The first-order valence-electron chi connectivity index (χ1n) is 9.96. The van der Waals surface area contributed by atoms with E-state index in [2.05, 4.69) is 35.3 Å². The number of carbonyl (C=O) groups excluding carboxylic acids is 1. The summed E-state index contributed by atoms with van der Waals surface area (Å²) in [7, 11) is 0.